The molecule has 1 aliphatic rings. The van der Waals surface area contributed by atoms with E-state index in [2.05, 4.69) is 5.10 Å². The summed E-state index contributed by atoms with van der Waals surface area (Å²) in [5.74, 6) is 0.0496. The molecule has 28 heavy (non-hydrogen) atoms. The molecule has 0 spiro atoms. The summed E-state index contributed by atoms with van der Waals surface area (Å²) in [4.78, 5) is 11.7. The van der Waals surface area contributed by atoms with Gasteiger partial charge in [0.1, 0.15) is 23.7 Å². The first kappa shape index (κ1) is 18.3. The van der Waals surface area contributed by atoms with E-state index < -0.39 is 5.97 Å². The molecule has 0 unspecified atom stereocenters. The van der Waals surface area contributed by atoms with Crippen LogP contribution in [0.1, 0.15) is 34.8 Å². The molecular formula is C21H22N2O5. The second-order valence-electron chi connectivity index (χ2n) is 6.80. The predicted molar refractivity (Wildman–Crippen MR) is 103 cm³/mol. The summed E-state index contributed by atoms with van der Waals surface area (Å²) >= 11 is 0. The number of nitrogens with zero attached hydrogens (tertiary/aromatic N) is 2. The van der Waals surface area contributed by atoms with Gasteiger partial charge in [-0.15, -0.1) is 0 Å². The van der Waals surface area contributed by atoms with Crippen LogP contribution in [0.25, 0.3) is 10.9 Å². The van der Waals surface area contributed by atoms with Crippen molar-refractivity contribution in [1.82, 2.24) is 9.78 Å². The van der Waals surface area contributed by atoms with Gasteiger partial charge in [-0.25, -0.2) is 4.79 Å². The first-order valence-electron chi connectivity index (χ1n) is 9.24. The van der Waals surface area contributed by atoms with Gasteiger partial charge in [0.25, 0.3) is 0 Å². The first-order valence-corrected chi connectivity index (χ1v) is 9.24. The Balaban J connectivity index is 1.60. The van der Waals surface area contributed by atoms with Gasteiger partial charge >= 0.3 is 5.97 Å². The van der Waals surface area contributed by atoms with Crippen molar-refractivity contribution in [1.29, 1.82) is 0 Å². The highest BCUT2D eigenvalue weighted by Gasteiger charge is 2.19. The standard InChI is InChI=1S/C21H22N2O5/c1-26-17-4-2-14(3-5-17)13-28-20-11-19-15(10-18(20)21(24)25)12-23(22-19)16-6-8-27-9-7-16/h2-5,10-12,16H,6-9,13H2,1H3,(H,24,25). The van der Waals surface area contributed by atoms with Crippen molar-refractivity contribution in [3.8, 4) is 11.5 Å². The molecule has 146 valence electrons. The van der Waals surface area contributed by atoms with Crippen LogP contribution in [0.2, 0.25) is 0 Å². The van der Waals surface area contributed by atoms with E-state index in [0.29, 0.717) is 5.75 Å². The van der Waals surface area contributed by atoms with Gasteiger partial charge in [-0.05, 0) is 36.6 Å². The van der Waals surface area contributed by atoms with E-state index in [1.807, 2.05) is 35.1 Å². The van der Waals surface area contributed by atoms with Gasteiger partial charge in [-0.2, -0.15) is 5.10 Å². The molecule has 2 heterocycles. The Morgan fingerprint density at radius 3 is 2.68 bits per heavy atom. The van der Waals surface area contributed by atoms with Crippen molar-refractivity contribution in [2.75, 3.05) is 20.3 Å². The third-order valence-electron chi connectivity index (χ3n) is 4.97. The number of benzene rings is 2. The van der Waals surface area contributed by atoms with Crippen molar-refractivity contribution in [3.63, 3.8) is 0 Å². The lowest BCUT2D eigenvalue weighted by Crippen LogP contribution is -2.19. The Kier molecular flexibility index (Phi) is 5.16. The zero-order valence-corrected chi connectivity index (χ0v) is 15.6. The summed E-state index contributed by atoms with van der Waals surface area (Å²) in [6, 6.07) is 11.1. The maximum atomic E-state index is 11.7. The number of fused-ring (bicyclic) bond motifs is 1. The van der Waals surface area contributed by atoms with E-state index in [1.165, 1.54) is 0 Å². The first-order chi connectivity index (χ1) is 13.6. The molecule has 1 saturated heterocycles. The quantitative estimate of drug-likeness (QED) is 0.700. The molecule has 3 aromatic rings. The third kappa shape index (κ3) is 3.80. The van der Waals surface area contributed by atoms with Crippen molar-refractivity contribution < 1.29 is 24.1 Å². The van der Waals surface area contributed by atoms with Crippen LogP contribution in [-0.4, -0.2) is 41.2 Å². The van der Waals surface area contributed by atoms with Crippen LogP contribution in [0.5, 0.6) is 11.5 Å². The molecule has 4 rings (SSSR count). The molecular weight excluding hydrogens is 360 g/mol. The summed E-state index contributed by atoms with van der Waals surface area (Å²) in [5, 5.41) is 15.0. The zero-order valence-electron chi connectivity index (χ0n) is 15.6. The number of methoxy groups -OCH3 is 1. The minimum Gasteiger partial charge on any atom is -0.497 e. The van der Waals surface area contributed by atoms with Crippen LogP contribution in [0.4, 0.5) is 0 Å². The Hall–Kier alpha value is -3.06. The van der Waals surface area contributed by atoms with E-state index in [4.69, 9.17) is 14.2 Å². The van der Waals surface area contributed by atoms with Crippen molar-refractivity contribution in [3.05, 3.63) is 53.7 Å². The topological polar surface area (TPSA) is 82.8 Å². The SMILES string of the molecule is COc1ccc(COc2cc3nn(C4CCOCC4)cc3cc2C(=O)O)cc1. The Labute approximate surface area is 162 Å². The predicted octanol–water partition coefficient (Wildman–Crippen LogP) is 3.67. The fraction of sp³-hybridized carbons (Fsp3) is 0.333. The fourth-order valence-electron chi connectivity index (χ4n) is 3.38. The number of carboxylic acids is 1. The lowest BCUT2D eigenvalue weighted by atomic mass is 10.1. The van der Waals surface area contributed by atoms with Gasteiger partial charge in [0.15, 0.2) is 0 Å². The van der Waals surface area contributed by atoms with Crippen LogP contribution < -0.4 is 9.47 Å². The average molecular weight is 382 g/mol. The van der Waals surface area contributed by atoms with Crippen molar-refractivity contribution in [2.45, 2.75) is 25.5 Å². The molecule has 0 saturated carbocycles. The summed E-state index contributed by atoms with van der Waals surface area (Å²) in [7, 11) is 1.61. The lowest BCUT2D eigenvalue weighted by Gasteiger charge is -2.22. The molecule has 1 fully saturated rings. The van der Waals surface area contributed by atoms with Crippen LogP contribution in [0.15, 0.2) is 42.6 Å². The normalized spacial score (nSPS) is 14.9. The van der Waals surface area contributed by atoms with E-state index in [1.54, 1.807) is 19.2 Å². The summed E-state index contributed by atoms with van der Waals surface area (Å²) < 4.78 is 18.3. The summed E-state index contributed by atoms with van der Waals surface area (Å²) in [5.41, 5.74) is 1.78. The summed E-state index contributed by atoms with van der Waals surface area (Å²) in [6.45, 7) is 1.70. The Bertz CT molecular complexity index is 974. The number of rotatable bonds is 6. The second kappa shape index (κ2) is 7.90. The Morgan fingerprint density at radius 2 is 2.00 bits per heavy atom. The highest BCUT2D eigenvalue weighted by Crippen LogP contribution is 2.29. The van der Waals surface area contributed by atoms with Gasteiger partial charge < -0.3 is 19.3 Å². The molecule has 1 aromatic heterocycles. The molecule has 0 radical (unpaired) electrons. The number of carbonyl (C=O) groups is 1. The molecule has 1 aliphatic heterocycles. The third-order valence-corrected chi connectivity index (χ3v) is 4.97. The summed E-state index contributed by atoms with van der Waals surface area (Å²) in [6.07, 6.45) is 3.71. The molecule has 0 atom stereocenters. The van der Waals surface area contributed by atoms with Crippen LogP contribution in [0.3, 0.4) is 0 Å². The number of hydrogen-bond donors (Lipinski definition) is 1. The molecule has 0 aliphatic carbocycles. The molecule has 1 N–H and O–H groups in total. The van der Waals surface area contributed by atoms with Gasteiger partial charge in [-0.1, -0.05) is 12.1 Å². The van der Waals surface area contributed by atoms with Gasteiger partial charge in [-0.3, -0.25) is 4.68 Å². The maximum absolute atomic E-state index is 11.7. The van der Waals surface area contributed by atoms with Gasteiger partial charge in [0.05, 0.1) is 18.7 Å². The van der Waals surface area contributed by atoms with Crippen LogP contribution in [-0.2, 0) is 11.3 Å². The highest BCUT2D eigenvalue weighted by molar-refractivity contribution is 5.96. The monoisotopic (exact) mass is 382 g/mol. The number of carboxylic acid groups (broad SMARTS) is 1. The lowest BCUT2D eigenvalue weighted by molar-refractivity contribution is 0.0664. The van der Waals surface area contributed by atoms with Gasteiger partial charge in [0.2, 0.25) is 0 Å². The van der Waals surface area contributed by atoms with Gasteiger partial charge in [0, 0.05) is 30.9 Å². The largest absolute Gasteiger partial charge is 0.497 e. The van der Waals surface area contributed by atoms with E-state index in [-0.39, 0.29) is 18.2 Å². The minimum absolute atomic E-state index is 0.132. The molecule has 7 nitrogen and oxygen atoms in total. The van der Waals surface area contributed by atoms with Crippen molar-refractivity contribution in [2.24, 2.45) is 0 Å². The van der Waals surface area contributed by atoms with E-state index >= 15 is 0 Å². The molecule has 7 heteroatoms. The zero-order chi connectivity index (χ0) is 19.5. The Morgan fingerprint density at radius 1 is 1.25 bits per heavy atom. The number of hydrogen-bond acceptors (Lipinski definition) is 5. The highest BCUT2D eigenvalue weighted by atomic mass is 16.5. The number of aromatic nitrogens is 2. The number of aromatic carboxylic acids is 1. The molecule has 0 bridgehead atoms. The van der Waals surface area contributed by atoms with Crippen LogP contribution >= 0.6 is 0 Å². The average Bonchev–Trinajstić information content (AvgIpc) is 3.15. The number of ether oxygens (including phenoxy) is 3. The fourth-order valence-corrected chi connectivity index (χ4v) is 3.38. The smallest absolute Gasteiger partial charge is 0.339 e. The molecule has 2 aromatic carbocycles. The van der Waals surface area contributed by atoms with E-state index in [9.17, 15) is 9.90 Å². The second-order valence-corrected chi connectivity index (χ2v) is 6.80. The maximum Gasteiger partial charge on any atom is 0.339 e. The molecule has 0 amide bonds. The minimum atomic E-state index is -1.02. The van der Waals surface area contributed by atoms with Crippen LogP contribution in [0, 0.1) is 0 Å². The van der Waals surface area contributed by atoms with E-state index in [0.717, 1.165) is 48.3 Å². The van der Waals surface area contributed by atoms with Crippen molar-refractivity contribution >= 4 is 16.9 Å².